The van der Waals surface area contributed by atoms with Gasteiger partial charge in [0.25, 0.3) is 5.91 Å². The molecule has 0 aromatic carbocycles. The third kappa shape index (κ3) is 3.44. The van der Waals surface area contributed by atoms with Crippen molar-refractivity contribution in [2.75, 3.05) is 17.6 Å². The monoisotopic (exact) mass is 260 g/mol. The van der Waals surface area contributed by atoms with Gasteiger partial charge in [-0.25, -0.2) is 9.97 Å². The summed E-state index contributed by atoms with van der Waals surface area (Å²) in [5.41, 5.74) is 11.6. The van der Waals surface area contributed by atoms with Crippen LogP contribution in [0.4, 0.5) is 11.5 Å². The van der Waals surface area contributed by atoms with Crippen LogP contribution in [0.1, 0.15) is 16.9 Å². The number of imidazole rings is 1. The van der Waals surface area contributed by atoms with E-state index in [2.05, 4.69) is 15.3 Å². The van der Waals surface area contributed by atoms with E-state index >= 15 is 0 Å². The fourth-order valence-electron chi connectivity index (χ4n) is 1.64. The number of hydrogen-bond donors (Lipinski definition) is 3. The van der Waals surface area contributed by atoms with E-state index in [0.29, 0.717) is 18.1 Å². The number of primary amides is 1. The number of hydrogen-bond acceptors (Lipinski definition) is 5. The van der Waals surface area contributed by atoms with Crippen molar-refractivity contribution < 1.29 is 4.79 Å². The van der Waals surface area contributed by atoms with Gasteiger partial charge >= 0.3 is 0 Å². The highest BCUT2D eigenvalue weighted by Gasteiger charge is 2.06. The number of carbonyl (C=O) groups is 1. The molecular weight excluding hydrogens is 244 g/mol. The number of carbonyl (C=O) groups excluding carboxylic acids is 1. The van der Waals surface area contributed by atoms with Crippen LogP contribution in [0, 0.1) is 0 Å². The number of rotatable bonds is 6. The lowest BCUT2D eigenvalue weighted by Crippen LogP contribution is -2.15. The quantitative estimate of drug-likeness (QED) is 0.653. The van der Waals surface area contributed by atoms with Gasteiger partial charge in [0, 0.05) is 25.5 Å². The van der Waals surface area contributed by atoms with Crippen molar-refractivity contribution in [2.24, 2.45) is 5.73 Å². The largest absolute Gasteiger partial charge is 0.396 e. The first kappa shape index (κ1) is 12.9. The number of nitrogens with two attached hydrogens (primary N) is 2. The zero-order valence-corrected chi connectivity index (χ0v) is 10.4. The number of nitrogen functional groups attached to an aromatic ring is 1. The maximum atomic E-state index is 11.0. The van der Waals surface area contributed by atoms with Gasteiger partial charge in [-0.3, -0.25) is 4.79 Å². The molecule has 7 nitrogen and oxygen atoms in total. The van der Waals surface area contributed by atoms with Gasteiger partial charge in [0.05, 0.1) is 12.0 Å². The number of nitrogens with zero attached hydrogens (tertiary/aromatic N) is 3. The molecule has 1 amide bonds. The Morgan fingerprint density at radius 3 is 2.95 bits per heavy atom. The van der Waals surface area contributed by atoms with Gasteiger partial charge in [0.15, 0.2) is 0 Å². The van der Waals surface area contributed by atoms with Crippen LogP contribution >= 0.6 is 0 Å². The molecular formula is C12H16N6O. The summed E-state index contributed by atoms with van der Waals surface area (Å²) in [6.07, 6.45) is 6.29. The van der Waals surface area contributed by atoms with E-state index in [1.165, 1.54) is 6.07 Å². The Bertz CT molecular complexity index is 551. The second-order valence-electron chi connectivity index (χ2n) is 4.08. The van der Waals surface area contributed by atoms with E-state index in [1.807, 2.05) is 10.8 Å². The number of nitrogens with one attached hydrogen (secondary N) is 1. The minimum absolute atomic E-state index is 0.200. The highest BCUT2D eigenvalue weighted by molar-refractivity contribution is 5.91. The van der Waals surface area contributed by atoms with E-state index < -0.39 is 5.91 Å². The van der Waals surface area contributed by atoms with Crippen LogP contribution in [0.5, 0.6) is 0 Å². The molecule has 7 heteroatoms. The van der Waals surface area contributed by atoms with Crippen molar-refractivity contribution in [3.8, 4) is 0 Å². The first-order chi connectivity index (χ1) is 9.16. The molecule has 0 aliphatic rings. The fraction of sp³-hybridized carbons (Fsp3) is 0.250. The van der Waals surface area contributed by atoms with Gasteiger partial charge in [0.1, 0.15) is 11.5 Å². The second kappa shape index (κ2) is 5.85. The van der Waals surface area contributed by atoms with Crippen molar-refractivity contribution in [1.29, 1.82) is 0 Å². The van der Waals surface area contributed by atoms with E-state index in [0.717, 1.165) is 13.0 Å². The molecule has 0 aliphatic carbocycles. The van der Waals surface area contributed by atoms with Crippen molar-refractivity contribution in [2.45, 2.75) is 13.0 Å². The molecule has 2 aromatic rings. The molecule has 0 saturated heterocycles. The normalized spacial score (nSPS) is 10.3. The summed E-state index contributed by atoms with van der Waals surface area (Å²) in [4.78, 5) is 19.1. The van der Waals surface area contributed by atoms with Gasteiger partial charge < -0.3 is 21.4 Å². The summed E-state index contributed by atoms with van der Waals surface area (Å²) in [6, 6.07) is 3.12. The third-order valence-electron chi connectivity index (χ3n) is 2.62. The number of pyridine rings is 1. The molecule has 0 atom stereocenters. The lowest BCUT2D eigenvalue weighted by atomic mass is 10.3. The Hall–Kier alpha value is -2.57. The summed E-state index contributed by atoms with van der Waals surface area (Å²) in [5.74, 6) is -0.0802. The highest BCUT2D eigenvalue weighted by atomic mass is 16.1. The molecule has 0 unspecified atom stereocenters. The summed E-state index contributed by atoms with van der Waals surface area (Å²) < 4.78 is 1.98. The maximum Gasteiger partial charge on any atom is 0.267 e. The minimum atomic E-state index is -0.568. The topological polar surface area (TPSA) is 112 Å². The predicted molar refractivity (Wildman–Crippen MR) is 72.5 cm³/mol. The fourth-order valence-corrected chi connectivity index (χ4v) is 1.64. The predicted octanol–water partition coefficient (Wildman–Crippen LogP) is 0.461. The highest BCUT2D eigenvalue weighted by Crippen LogP contribution is 2.15. The lowest BCUT2D eigenvalue weighted by Gasteiger charge is -2.09. The smallest absolute Gasteiger partial charge is 0.267 e. The van der Waals surface area contributed by atoms with Crippen LogP contribution < -0.4 is 16.8 Å². The number of anilines is 2. The Morgan fingerprint density at radius 2 is 2.26 bits per heavy atom. The molecule has 0 aliphatic heterocycles. The van der Waals surface area contributed by atoms with Gasteiger partial charge in [-0.05, 0) is 18.6 Å². The Labute approximate surface area is 110 Å². The first-order valence-corrected chi connectivity index (χ1v) is 5.93. The van der Waals surface area contributed by atoms with Crippen LogP contribution in [0.3, 0.4) is 0 Å². The maximum absolute atomic E-state index is 11.0. The first-order valence-electron chi connectivity index (χ1n) is 5.93. The van der Waals surface area contributed by atoms with Crippen LogP contribution in [-0.4, -0.2) is 27.0 Å². The summed E-state index contributed by atoms with van der Waals surface area (Å²) in [5, 5.41) is 3.09. The van der Waals surface area contributed by atoms with Crippen LogP contribution in [0.15, 0.2) is 30.9 Å². The van der Waals surface area contributed by atoms with E-state index in [-0.39, 0.29) is 5.69 Å². The minimum Gasteiger partial charge on any atom is -0.396 e. The zero-order chi connectivity index (χ0) is 13.7. The van der Waals surface area contributed by atoms with Gasteiger partial charge in [-0.1, -0.05) is 0 Å². The average molecular weight is 260 g/mol. The number of amides is 1. The molecule has 0 bridgehead atoms. The SMILES string of the molecule is NC(=O)c1ccc(N)c(NCCCn2ccnc2)n1. The zero-order valence-electron chi connectivity index (χ0n) is 10.4. The van der Waals surface area contributed by atoms with Crippen LogP contribution in [-0.2, 0) is 6.54 Å². The molecule has 100 valence electrons. The molecule has 2 heterocycles. The molecule has 2 aromatic heterocycles. The van der Waals surface area contributed by atoms with Crippen molar-refractivity contribution in [1.82, 2.24) is 14.5 Å². The van der Waals surface area contributed by atoms with E-state index in [4.69, 9.17) is 11.5 Å². The van der Waals surface area contributed by atoms with Crippen LogP contribution in [0.25, 0.3) is 0 Å². The molecule has 19 heavy (non-hydrogen) atoms. The summed E-state index contributed by atoms with van der Waals surface area (Å²) >= 11 is 0. The number of aromatic nitrogens is 3. The van der Waals surface area contributed by atoms with Gasteiger partial charge in [-0.15, -0.1) is 0 Å². The van der Waals surface area contributed by atoms with Crippen molar-refractivity contribution >= 4 is 17.4 Å². The molecule has 0 radical (unpaired) electrons. The van der Waals surface area contributed by atoms with Crippen molar-refractivity contribution in [3.05, 3.63) is 36.5 Å². The van der Waals surface area contributed by atoms with Gasteiger partial charge in [0.2, 0.25) is 0 Å². The molecule has 5 N–H and O–H groups in total. The second-order valence-corrected chi connectivity index (χ2v) is 4.08. The average Bonchev–Trinajstić information content (AvgIpc) is 2.89. The van der Waals surface area contributed by atoms with Gasteiger partial charge in [-0.2, -0.15) is 0 Å². The van der Waals surface area contributed by atoms with Crippen molar-refractivity contribution in [3.63, 3.8) is 0 Å². The van der Waals surface area contributed by atoms with Crippen LogP contribution in [0.2, 0.25) is 0 Å². The number of aryl methyl sites for hydroxylation is 1. The van der Waals surface area contributed by atoms with E-state index in [9.17, 15) is 4.79 Å². The third-order valence-corrected chi connectivity index (χ3v) is 2.62. The summed E-state index contributed by atoms with van der Waals surface area (Å²) in [7, 11) is 0. The Morgan fingerprint density at radius 1 is 1.42 bits per heavy atom. The Kier molecular flexibility index (Phi) is 3.97. The van der Waals surface area contributed by atoms with E-state index in [1.54, 1.807) is 18.6 Å². The molecule has 2 rings (SSSR count). The summed E-state index contributed by atoms with van der Waals surface area (Å²) in [6.45, 7) is 1.54. The molecule has 0 saturated carbocycles. The Balaban J connectivity index is 1.88. The molecule has 0 fully saturated rings. The lowest BCUT2D eigenvalue weighted by molar-refractivity contribution is 0.0996. The molecule has 0 spiro atoms. The standard InChI is InChI=1S/C12H16N6O/c13-9-2-3-10(11(14)19)17-12(9)16-4-1-6-18-7-5-15-8-18/h2-3,5,7-8H,1,4,6,13H2,(H2,14,19)(H,16,17).